The molecule has 1 aromatic carbocycles. The Bertz CT molecular complexity index is 655. The third kappa shape index (κ3) is 8.65. The highest BCUT2D eigenvalue weighted by molar-refractivity contribution is 5.32. The summed E-state index contributed by atoms with van der Waals surface area (Å²) in [4.78, 5) is 0. The molecule has 0 bridgehead atoms. The number of aliphatic hydroxyl groups is 1. The van der Waals surface area contributed by atoms with Gasteiger partial charge in [0.25, 0.3) is 0 Å². The number of hydrogen-bond acceptors (Lipinski definition) is 3. The lowest BCUT2D eigenvalue weighted by molar-refractivity contribution is -0.0588. The van der Waals surface area contributed by atoms with Gasteiger partial charge in [-0.1, -0.05) is 52.3 Å². The van der Waals surface area contributed by atoms with Gasteiger partial charge < -0.3 is 14.6 Å². The van der Waals surface area contributed by atoms with Crippen molar-refractivity contribution in [2.45, 2.75) is 87.7 Å². The monoisotopic (exact) mass is 404 g/mol. The Kier molecular flexibility index (Phi) is 12.7. The Labute approximate surface area is 179 Å². The van der Waals surface area contributed by atoms with Crippen LogP contribution in [-0.2, 0) is 4.74 Å². The van der Waals surface area contributed by atoms with Gasteiger partial charge >= 0.3 is 0 Å². The zero-order chi connectivity index (χ0) is 22.6. The Balaban J connectivity index is 0.00000184. The van der Waals surface area contributed by atoms with E-state index in [2.05, 4.69) is 32.9 Å². The smallest absolute Gasteiger partial charge is 0.119 e. The molecule has 29 heavy (non-hydrogen) atoms. The van der Waals surface area contributed by atoms with E-state index in [9.17, 15) is 5.11 Å². The van der Waals surface area contributed by atoms with Gasteiger partial charge in [0.2, 0.25) is 0 Å². The molecule has 2 atom stereocenters. The van der Waals surface area contributed by atoms with Crippen molar-refractivity contribution in [1.29, 1.82) is 0 Å². The molecule has 1 aliphatic rings. The van der Waals surface area contributed by atoms with E-state index in [1.807, 2.05) is 60.6 Å². The summed E-state index contributed by atoms with van der Waals surface area (Å²) in [5, 5.41) is 10.5. The van der Waals surface area contributed by atoms with E-state index in [1.54, 1.807) is 0 Å². The lowest BCUT2D eigenvalue weighted by atomic mass is 9.88. The molecule has 0 saturated heterocycles. The van der Waals surface area contributed by atoms with Gasteiger partial charge in [0.1, 0.15) is 18.1 Å². The Morgan fingerprint density at radius 3 is 2.14 bits per heavy atom. The van der Waals surface area contributed by atoms with Gasteiger partial charge in [-0.05, 0) is 82.2 Å². The van der Waals surface area contributed by atoms with E-state index in [-0.39, 0.29) is 5.60 Å². The van der Waals surface area contributed by atoms with Crippen LogP contribution in [0.1, 0.15) is 80.7 Å². The molecule has 1 N–H and O–H groups in total. The van der Waals surface area contributed by atoms with Gasteiger partial charge in [-0.25, -0.2) is 0 Å². The number of aliphatic hydroxyl groups excluding tert-OH is 1. The number of benzene rings is 1. The molecule has 0 saturated carbocycles. The molecule has 1 aromatic rings. The molecule has 1 aliphatic heterocycles. The average Bonchev–Trinajstić information content (AvgIpc) is 2.76. The normalized spacial score (nSPS) is 27.7. The van der Waals surface area contributed by atoms with E-state index in [1.165, 1.54) is 5.56 Å². The summed E-state index contributed by atoms with van der Waals surface area (Å²) in [6.45, 7) is 21.4. The van der Waals surface area contributed by atoms with Gasteiger partial charge in [0, 0.05) is 0 Å². The second-order valence-electron chi connectivity index (χ2n) is 7.72. The number of ether oxygens (including phenoxy) is 2. The van der Waals surface area contributed by atoms with Crippen molar-refractivity contribution in [2.75, 3.05) is 13.2 Å². The fourth-order valence-electron chi connectivity index (χ4n) is 2.92. The van der Waals surface area contributed by atoms with Gasteiger partial charge in [0.05, 0.1) is 12.2 Å². The molecule has 2 unspecified atom stereocenters. The number of hydrogen-bond donors (Lipinski definition) is 1. The molecule has 0 fully saturated rings. The van der Waals surface area contributed by atoms with Crippen LogP contribution in [0.2, 0.25) is 0 Å². The molecule has 0 radical (unpaired) electrons. The van der Waals surface area contributed by atoms with Crippen molar-refractivity contribution in [1.82, 2.24) is 0 Å². The fraction of sp³-hybridized carbons (Fsp3) is 0.615. The van der Waals surface area contributed by atoms with E-state index < -0.39 is 0 Å². The summed E-state index contributed by atoms with van der Waals surface area (Å²) in [6, 6.07) is 8.12. The van der Waals surface area contributed by atoms with Crippen molar-refractivity contribution in [3.05, 3.63) is 52.3 Å². The van der Waals surface area contributed by atoms with Gasteiger partial charge in [-0.15, -0.1) is 0 Å². The molecule has 0 amide bonds. The van der Waals surface area contributed by atoms with E-state index in [0.717, 1.165) is 35.3 Å². The van der Waals surface area contributed by atoms with Crippen LogP contribution in [0.25, 0.3) is 0 Å². The maximum Gasteiger partial charge on any atom is 0.119 e. The zero-order valence-corrected chi connectivity index (χ0v) is 20.5. The molecular weight excluding hydrogens is 360 g/mol. The molecule has 1 heterocycles. The number of allylic oxidation sites excluding steroid dienone is 2. The quantitative estimate of drug-likeness (QED) is 0.558. The van der Waals surface area contributed by atoms with Crippen LogP contribution in [0, 0.1) is 12.8 Å². The highest BCUT2D eigenvalue weighted by atomic mass is 16.5. The van der Waals surface area contributed by atoms with Crippen molar-refractivity contribution >= 4 is 0 Å². The fourth-order valence-corrected chi connectivity index (χ4v) is 2.92. The largest absolute Gasteiger partial charge is 0.508 e. The second kappa shape index (κ2) is 13.5. The maximum atomic E-state index is 10.5. The number of rotatable bonds is 3. The van der Waals surface area contributed by atoms with Gasteiger partial charge in [0.15, 0.2) is 0 Å². The minimum absolute atomic E-state index is 0.308. The van der Waals surface area contributed by atoms with Crippen LogP contribution in [-0.4, -0.2) is 23.9 Å². The summed E-state index contributed by atoms with van der Waals surface area (Å²) in [7, 11) is 0. The maximum absolute atomic E-state index is 10.5. The predicted molar refractivity (Wildman–Crippen MR) is 126 cm³/mol. The van der Waals surface area contributed by atoms with E-state index in [4.69, 9.17) is 9.47 Å². The summed E-state index contributed by atoms with van der Waals surface area (Å²) in [5.41, 5.74) is 3.91. The lowest BCUT2D eigenvalue weighted by Crippen LogP contribution is -2.37. The van der Waals surface area contributed by atoms with Crippen LogP contribution >= 0.6 is 0 Å². The van der Waals surface area contributed by atoms with Crippen molar-refractivity contribution < 1.29 is 14.6 Å². The average molecular weight is 405 g/mol. The molecule has 166 valence electrons. The first-order valence-corrected chi connectivity index (χ1v) is 11.1. The first kappa shape index (κ1) is 27.3. The molecule has 3 nitrogen and oxygen atoms in total. The van der Waals surface area contributed by atoms with Crippen molar-refractivity contribution in [3.63, 3.8) is 0 Å². The third-order valence-electron chi connectivity index (χ3n) is 5.42. The zero-order valence-electron chi connectivity index (χ0n) is 20.5. The van der Waals surface area contributed by atoms with Gasteiger partial charge in [-0.2, -0.15) is 0 Å². The lowest BCUT2D eigenvalue weighted by Gasteiger charge is -2.32. The summed E-state index contributed by atoms with van der Waals surface area (Å²) in [6.07, 6.45) is 1.84. The summed E-state index contributed by atoms with van der Waals surface area (Å²) < 4.78 is 12.3. The summed E-state index contributed by atoms with van der Waals surface area (Å²) in [5.74, 6) is 1.61. The molecule has 2 rings (SSSR count). The molecule has 0 aliphatic carbocycles. The minimum atomic E-state index is -0.353. The van der Waals surface area contributed by atoms with Crippen molar-refractivity contribution in [2.24, 2.45) is 5.92 Å². The molecule has 0 aromatic heterocycles. The van der Waals surface area contributed by atoms with Crippen LogP contribution < -0.4 is 4.74 Å². The molecular formula is C26H44O3. The van der Waals surface area contributed by atoms with Crippen LogP contribution in [0.5, 0.6) is 5.75 Å². The van der Waals surface area contributed by atoms with Crippen LogP contribution in [0.3, 0.4) is 0 Å². The van der Waals surface area contributed by atoms with Crippen molar-refractivity contribution in [3.8, 4) is 5.75 Å². The Morgan fingerprint density at radius 1 is 1.03 bits per heavy atom. The van der Waals surface area contributed by atoms with Crippen LogP contribution in [0.4, 0.5) is 0 Å². The highest BCUT2D eigenvalue weighted by Crippen LogP contribution is 2.31. The van der Waals surface area contributed by atoms with E-state index in [0.29, 0.717) is 24.9 Å². The number of aryl methyl sites for hydroxylation is 1. The van der Waals surface area contributed by atoms with Crippen LogP contribution in [0.15, 0.2) is 46.7 Å². The minimum Gasteiger partial charge on any atom is -0.508 e. The second-order valence-corrected chi connectivity index (χ2v) is 7.72. The molecule has 0 spiro atoms. The molecule has 3 heteroatoms. The first-order valence-electron chi connectivity index (χ1n) is 11.1. The highest BCUT2D eigenvalue weighted by Gasteiger charge is 2.29. The topological polar surface area (TPSA) is 38.7 Å². The Hall–Kier alpha value is -1.74. The predicted octanol–water partition coefficient (Wildman–Crippen LogP) is 7.80. The Morgan fingerprint density at radius 2 is 1.59 bits per heavy atom. The SMILES string of the molecule is C/C1=C(C)/C(O)=C(/C)C(C)CCC(C)(COc2ccc(C)cc2)OC1.CC.CC. The third-order valence-corrected chi connectivity index (χ3v) is 5.42. The van der Waals surface area contributed by atoms with Gasteiger partial charge in [-0.3, -0.25) is 0 Å². The van der Waals surface area contributed by atoms with E-state index >= 15 is 0 Å². The summed E-state index contributed by atoms with van der Waals surface area (Å²) >= 11 is 0. The first-order chi connectivity index (χ1) is 13.7. The standard InChI is InChI=1S/C22H32O3.2C2H6/c1-15-7-9-20(10-8-15)24-14-22(6)12-11-16(2)18(4)21(23)19(5)17(3)13-25-22;2*1-2/h7-10,16,23H,11-14H2,1-6H3;2*1-2H3/b19-17-,21-18+;;.